The van der Waals surface area contributed by atoms with Crippen molar-refractivity contribution in [3.05, 3.63) is 26.6 Å². The van der Waals surface area contributed by atoms with Gasteiger partial charge in [0.25, 0.3) is 0 Å². The van der Waals surface area contributed by atoms with E-state index in [1.807, 2.05) is 6.92 Å². The molecule has 0 aromatic heterocycles. The van der Waals surface area contributed by atoms with Gasteiger partial charge in [-0.25, -0.2) is 8.42 Å². The molecule has 1 aromatic carbocycles. The Kier molecular flexibility index (Phi) is 4.82. The Morgan fingerprint density at radius 2 is 1.95 bits per heavy atom. The van der Waals surface area contributed by atoms with Crippen LogP contribution in [-0.4, -0.2) is 36.4 Å². The van der Waals surface area contributed by atoms with Crippen LogP contribution in [0.15, 0.2) is 26.0 Å². The van der Waals surface area contributed by atoms with Crippen LogP contribution in [0.2, 0.25) is 0 Å². The van der Waals surface area contributed by atoms with E-state index in [9.17, 15) is 13.2 Å². The number of nitrogens with zero attached hydrogens (tertiary/aromatic N) is 1. The van der Waals surface area contributed by atoms with Crippen LogP contribution in [0.3, 0.4) is 0 Å². The van der Waals surface area contributed by atoms with Crippen LogP contribution in [0.4, 0.5) is 0 Å². The van der Waals surface area contributed by atoms with Gasteiger partial charge in [0, 0.05) is 21.5 Å². The fourth-order valence-corrected chi connectivity index (χ4v) is 5.85. The van der Waals surface area contributed by atoms with Gasteiger partial charge < -0.3 is 5.11 Å². The summed E-state index contributed by atoms with van der Waals surface area (Å²) in [7, 11) is -3.73. The van der Waals surface area contributed by atoms with Crippen LogP contribution in [0.1, 0.15) is 18.9 Å². The smallest absolute Gasteiger partial charge is 0.308 e. The summed E-state index contributed by atoms with van der Waals surface area (Å²) in [5.41, 5.74) is 0.915. The number of hydrogen-bond donors (Lipinski definition) is 1. The van der Waals surface area contributed by atoms with Crippen molar-refractivity contribution in [2.45, 2.75) is 31.2 Å². The molecule has 2 atom stereocenters. The maximum absolute atomic E-state index is 12.8. The summed E-state index contributed by atoms with van der Waals surface area (Å²) in [6.07, 6.45) is 0.334. The SMILES string of the molecule is Cc1cc(Br)c(S(=O)(=O)N2CCC(C(=O)O)C2C)cc1Br. The number of carbonyl (C=O) groups is 1. The molecule has 1 saturated heterocycles. The molecule has 8 heteroatoms. The van der Waals surface area contributed by atoms with E-state index in [-0.39, 0.29) is 11.4 Å². The molecule has 2 rings (SSSR count). The van der Waals surface area contributed by atoms with Crippen LogP contribution < -0.4 is 0 Å². The van der Waals surface area contributed by atoms with Crippen LogP contribution in [0, 0.1) is 12.8 Å². The lowest BCUT2D eigenvalue weighted by molar-refractivity contribution is -0.142. The topological polar surface area (TPSA) is 74.7 Å². The van der Waals surface area contributed by atoms with Crippen molar-refractivity contribution in [1.29, 1.82) is 0 Å². The molecule has 0 radical (unpaired) electrons. The maximum Gasteiger partial charge on any atom is 0.308 e. The second-order valence-electron chi connectivity index (χ2n) is 5.12. The van der Waals surface area contributed by atoms with Gasteiger partial charge in [-0.2, -0.15) is 4.31 Å². The van der Waals surface area contributed by atoms with E-state index in [0.29, 0.717) is 15.4 Å². The van der Waals surface area contributed by atoms with Crippen LogP contribution in [0.5, 0.6) is 0 Å². The fourth-order valence-electron chi connectivity index (χ4n) is 2.53. The van der Waals surface area contributed by atoms with Crippen molar-refractivity contribution in [1.82, 2.24) is 4.31 Å². The Bertz CT molecular complexity index is 690. The molecule has 0 saturated carbocycles. The van der Waals surface area contributed by atoms with E-state index >= 15 is 0 Å². The van der Waals surface area contributed by atoms with Gasteiger partial charge in [-0.1, -0.05) is 15.9 Å². The molecule has 1 aromatic rings. The largest absolute Gasteiger partial charge is 0.481 e. The zero-order chi connectivity index (χ0) is 15.9. The van der Waals surface area contributed by atoms with Gasteiger partial charge in [0.2, 0.25) is 10.0 Å². The minimum absolute atomic E-state index is 0.151. The third-order valence-electron chi connectivity index (χ3n) is 3.81. The van der Waals surface area contributed by atoms with E-state index in [1.54, 1.807) is 19.1 Å². The second-order valence-corrected chi connectivity index (χ2v) is 8.69. The average Bonchev–Trinajstić information content (AvgIpc) is 2.76. The number of benzene rings is 1. The summed E-state index contributed by atoms with van der Waals surface area (Å²) in [5, 5.41) is 9.13. The average molecular weight is 441 g/mol. The third-order valence-corrected chi connectivity index (χ3v) is 7.61. The molecular formula is C13H15Br2NO4S. The number of carboxylic acids is 1. The summed E-state index contributed by atoms with van der Waals surface area (Å²) in [5.74, 6) is -1.61. The van der Waals surface area contributed by atoms with Gasteiger partial charge in [0.05, 0.1) is 10.8 Å². The van der Waals surface area contributed by atoms with E-state index < -0.39 is 28.0 Å². The Hall–Kier alpha value is -0.440. The first-order chi connectivity index (χ1) is 9.66. The zero-order valence-electron chi connectivity index (χ0n) is 11.5. The lowest BCUT2D eigenvalue weighted by atomic mass is 10.0. The van der Waals surface area contributed by atoms with Gasteiger partial charge in [-0.15, -0.1) is 0 Å². The maximum atomic E-state index is 12.8. The molecule has 0 aliphatic carbocycles. The summed E-state index contributed by atoms with van der Waals surface area (Å²) in [6, 6.07) is 2.72. The summed E-state index contributed by atoms with van der Waals surface area (Å²) < 4.78 is 28.0. The highest BCUT2D eigenvalue weighted by atomic mass is 79.9. The van der Waals surface area contributed by atoms with Crippen LogP contribution in [0.25, 0.3) is 0 Å². The molecule has 0 spiro atoms. The monoisotopic (exact) mass is 439 g/mol. The number of aryl methyl sites for hydroxylation is 1. The zero-order valence-corrected chi connectivity index (χ0v) is 15.5. The molecule has 1 aliphatic heterocycles. The van der Waals surface area contributed by atoms with Crippen LogP contribution in [-0.2, 0) is 14.8 Å². The predicted octanol–water partition coefficient (Wildman–Crippen LogP) is 3.00. The Balaban J connectivity index is 2.44. The van der Waals surface area contributed by atoms with Gasteiger partial charge in [0.1, 0.15) is 0 Å². The summed E-state index contributed by atoms with van der Waals surface area (Å²) >= 11 is 6.62. The van der Waals surface area contributed by atoms with Crippen molar-refractivity contribution >= 4 is 47.9 Å². The highest BCUT2D eigenvalue weighted by Crippen LogP contribution is 2.35. The first-order valence-corrected chi connectivity index (χ1v) is 9.39. The molecule has 116 valence electrons. The summed E-state index contributed by atoms with van der Waals surface area (Å²) in [4.78, 5) is 11.3. The minimum atomic E-state index is -3.73. The molecule has 1 fully saturated rings. The number of rotatable bonds is 3. The van der Waals surface area contributed by atoms with E-state index in [2.05, 4.69) is 31.9 Å². The molecule has 1 heterocycles. The molecule has 21 heavy (non-hydrogen) atoms. The fraction of sp³-hybridized carbons (Fsp3) is 0.462. The molecule has 1 aliphatic rings. The molecule has 1 N–H and O–H groups in total. The van der Waals surface area contributed by atoms with Crippen molar-refractivity contribution in [3.63, 3.8) is 0 Å². The van der Waals surface area contributed by atoms with Gasteiger partial charge in [-0.05, 0) is 53.9 Å². The molecule has 2 unspecified atom stereocenters. The number of halogens is 2. The molecule has 5 nitrogen and oxygen atoms in total. The lowest BCUT2D eigenvalue weighted by Crippen LogP contribution is -2.37. The van der Waals surface area contributed by atoms with E-state index in [0.717, 1.165) is 5.56 Å². The third kappa shape index (κ3) is 3.04. The van der Waals surface area contributed by atoms with Gasteiger partial charge >= 0.3 is 5.97 Å². The van der Waals surface area contributed by atoms with Crippen molar-refractivity contribution in [3.8, 4) is 0 Å². The highest BCUT2D eigenvalue weighted by molar-refractivity contribution is 9.11. The van der Waals surface area contributed by atoms with Crippen molar-refractivity contribution in [2.75, 3.05) is 6.54 Å². The van der Waals surface area contributed by atoms with E-state index in [4.69, 9.17) is 5.11 Å². The Labute approximate surface area is 140 Å². The normalized spacial score (nSPS) is 23.4. The first kappa shape index (κ1) is 16.9. The first-order valence-electron chi connectivity index (χ1n) is 6.36. The standard InChI is InChI=1S/C13H15Br2NO4S/c1-7-5-11(15)12(6-10(7)14)21(19,20)16-4-3-9(8(16)2)13(17)18/h5-6,8-9H,3-4H2,1-2H3,(H,17,18). The van der Waals surface area contributed by atoms with Gasteiger partial charge in [-0.3, -0.25) is 4.79 Å². The highest BCUT2D eigenvalue weighted by Gasteiger charge is 2.42. The predicted molar refractivity (Wildman–Crippen MR) is 85.7 cm³/mol. The van der Waals surface area contributed by atoms with Gasteiger partial charge in [0.15, 0.2) is 0 Å². The Morgan fingerprint density at radius 1 is 1.33 bits per heavy atom. The molecular weight excluding hydrogens is 426 g/mol. The second kappa shape index (κ2) is 5.98. The Morgan fingerprint density at radius 3 is 2.48 bits per heavy atom. The quantitative estimate of drug-likeness (QED) is 0.783. The molecule has 0 amide bonds. The summed E-state index contributed by atoms with van der Waals surface area (Å²) in [6.45, 7) is 3.73. The van der Waals surface area contributed by atoms with Crippen molar-refractivity contribution in [2.24, 2.45) is 5.92 Å². The minimum Gasteiger partial charge on any atom is -0.481 e. The number of sulfonamides is 1. The number of carboxylic acid groups (broad SMARTS) is 1. The lowest BCUT2D eigenvalue weighted by Gasteiger charge is -2.23. The number of hydrogen-bond acceptors (Lipinski definition) is 3. The van der Waals surface area contributed by atoms with Crippen molar-refractivity contribution < 1.29 is 18.3 Å². The molecule has 0 bridgehead atoms. The van der Waals surface area contributed by atoms with Crippen LogP contribution >= 0.6 is 31.9 Å². The van der Waals surface area contributed by atoms with E-state index in [1.165, 1.54) is 4.31 Å². The number of aliphatic carboxylic acids is 1.